The number of nitro groups is 1. The van der Waals surface area contributed by atoms with Gasteiger partial charge in [0.2, 0.25) is 0 Å². The van der Waals surface area contributed by atoms with E-state index in [1.54, 1.807) is 48.5 Å². The Hall–Kier alpha value is -5.05. The van der Waals surface area contributed by atoms with E-state index in [9.17, 15) is 29.6 Å². The minimum Gasteiger partial charge on any atom is -0.495 e. The topological polar surface area (TPSA) is 127 Å². The molecule has 1 heterocycles. The number of amides is 2. The first kappa shape index (κ1) is 21.8. The molecule has 172 valence electrons. The number of nitro benzene ring substituents is 1. The zero-order chi connectivity index (χ0) is 24.9. The molecule has 0 atom stereocenters. The zero-order valence-electron chi connectivity index (χ0n) is 18.2. The van der Waals surface area contributed by atoms with E-state index in [0.717, 1.165) is 11.0 Å². The molecule has 9 heteroatoms. The van der Waals surface area contributed by atoms with Crippen molar-refractivity contribution in [1.82, 2.24) is 0 Å². The quantitative estimate of drug-likeness (QED) is 0.250. The number of hydrogen-bond acceptors (Lipinski definition) is 6. The third-order valence-electron chi connectivity index (χ3n) is 5.93. The highest BCUT2D eigenvalue weighted by atomic mass is 16.6. The lowest BCUT2D eigenvalue weighted by Crippen LogP contribution is -2.40. The molecule has 0 spiro atoms. The van der Waals surface area contributed by atoms with Gasteiger partial charge in [0.1, 0.15) is 5.75 Å². The van der Waals surface area contributed by atoms with Crippen molar-refractivity contribution in [1.29, 1.82) is 0 Å². The Morgan fingerprint density at radius 3 is 2.37 bits per heavy atom. The minimum absolute atomic E-state index is 0.00838. The Labute approximate surface area is 197 Å². The third kappa shape index (κ3) is 3.29. The standard InChI is InChI=1S/C26H16N2O7/c1-35-21-11-3-2-10-19(21)27-24(29)17-9-5-8-16-22(14-6-4-7-15(12-14)26(31)32)20(28(33)34)13-18(23(16)17)25(27)30/h2-13H,1H3,(H,31,32). The van der Waals surface area contributed by atoms with E-state index in [2.05, 4.69) is 0 Å². The van der Waals surface area contributed by atoms with Crippen molar-refractivity contribution < 1.29 is 29.2 Å². The van der Waals surface area contributed by atoms with Crippen LogP contribution in [-0.4, -0.2) is 34.9 Å². The summed E-state index contributed by atoms with van der Waals surface area (Å²) in [6.07, 6.45) is 0. The summed E-state index contributed by atoms with van der Waals surface area (Å²) < 4.78 is 5.32. The molecule has 9 nitrogen and oxygen atoms in total. The molecule has 4 aromatic carbocycles. The van der Waals surface area contributed by atoms with E-state index in [1.807, 2.05) is 0 Å². The number of carboxylic acid groups (broad SMARTS) is 1. The number of hydrogen-bond donors (Lipinski definition) is 1. The smallest absolute Gasteiger partial charge is 0.335 e. The van der Waals surface area contributed by atoms with Crippen molar-refractivity contribution >= 4 is 39.9 Å². The number of rotatable bonds is 5. The largest absolute Gasteiger partial charge is 0.495 e. The second-order valence-electron chi connectivity index (χ2n) is 7.81. The lowest BCUT2D eigenvalue weighted by atomic mass is 9.87. The monoisotopic (exact) mass is 468 g/mol. The van der Waals surface area contributed by atoms with Crippen LogP contribution >= 0.6 is 0 Å². The molecule has 1 aliphatic rings. The molecule has 0 aliphatic carbocycles. The van der Waals surface area contributed by atoms with Crippen molar-refractivity contribution in [3.05, 3.63) is 99.6 Å². The number of imide groups is 1. The van der Waals surface area contributed by atoms with Gasteiger partial charge in [-0.15, -0.1) is 0 Å². The molecule has 5 rings (SSSR count). The lowest BCUT2D eigenvalue weighted by molar-refractivity contribution is -0.384. The first-order valence-corrected chi connectivity index (χ1v) is 10.4. The summed E-state index contributed by atoms with van der Waals surface area (Å²) in [5, 5.41) is 22.1. The molecule has 4 aromatic rings. The Kier molecular flexibility index (Phi) is 5.02. The first-order chi connectivity index (χ1) is 16.8. The minimum atomic E-state index is -1.19. The van der Waals surface area contributed by atoms with Gasteiger partial charge >= 0.3 is 5.97 Å². The number of nitrogens with zero attached hydrogens (tertiary/aromatic N) is 2. The van der Waals surface area contributed by atoms with E-state index >= 15 is 0 Å². The maximum Gasteiger partial charge on any atom is 0.335 e. The van der Waals surface area contributed by atoms with Crippen LogP contribution in [0.1, 0.15) is 31.1 Å². The van der Waals surface area contributed by atoms with Crippen molar-refractivity contribution in [2.24, 2.45) is 0 Å². The molecule has 1 aliphatic heterocycles. The Morgan fingerprint density at radius 2 is 1.66 bits per heavy atom. The average Bonchev–Trinajstić information content (AvgIpc) is 2.86. The maximum absolute atomic E-state index is 13.6. The molecule has 1 N–H and O–H groups in total. The molecule has 0 radical (unpaired) electrons. The SMILES string of the molecule is COc1ccccc1N1C(=O)c2cccc3c(-c4cccc(C(=O)O)c4)c([N+](=O)[O-])cc(c23)C1=O. The summed E-state index contributed by atoms with van der Waals surface area (Å²) in [6.45, 7) is 0. The lowest BCUT2D eigenvalue weighted by Gasteiger charge is -2.28. The molecule has 0 aromatic heterocycles. The predicted molar refractivity (Wildman–Crippen MR) is 127 cm³/mol. The van der Waals surface area contributed by atoms with Gasteiger partial charge in [-0.1, -0.05) is 36.4 Å². The van der Waals surface area contributed by atoms with Crippen molar-refractivity contribution in [3.63, 3.8) is 0 Å². The molecular formula is C26H16N2O7. The van der Waals surface area contributed by atoms with Crippen LogP contribution in [0, 0.1) is 10.1 Å². The second-order valence-corrected chi connectivity index (χ2v) is 7.81. The van der Waals surface area contributed by atoms with Gasteiger partial charge in [0.15, 0.2) is 0 Å². The highest BCUT2D eigenvalue weighted by Crippen LogP contribution is 2.44. The van der Waals surface area contributed by atoms with E-state index in [1.165, 1.54) is 25.3 Å². The predicted octanol–water partition coefficient (Wildman–Crippen LogP) is 4.92. The summed E-state index contributed by atoms with van der Waals surface area (Å²) in [7, 11) is 1.41. The van der Waals surface area contributed by atoms with Crippen LogP contribution in [0.3, 0.4) is 0 Å². The van der Waals surface area contributed by atoms with E-state index in [0.29, 0.717) is 11.1 Å². The maximum atomic E-state index is 13.6. The molecule has 2 amide bonds. The van der Waals surface area contributed by atoms with E-state index < -0.39 is 22.7 Å². The second kappa shape index (κ2) is 8.07. The summed E-state index contributed by atoms with van der Waals surface area (Å²) in [5.74, 6) is -2.22. The fourth-order valence-electron chi connectivity index (χ4n) is 4.44. The van der Waals surface area contributed by atoms with Gasteiger partial charge in [-0.2, -0.15) is 0 Å². The number of para-hydroxylation sites is 2. The summed E-state index contributed by atoms with van der Waals surface area (Å²) in [5.41, 5.74) is 0.382. The molecule has 35 heavy (non-hydrogen) atoms. The van der Waals surface area contributed by atoms with E-state index in [4.69, 9.17) is 4.74 Å². The number of methoxy groups -OCH3 is 1. The molecule has 0 saturated heterocycles. The summed E-state index contributed by atoms with van der Waals surface area (Å²) >= 11 is 0. The average molecular weight is 468 g/mol. The van der Waals surface area contributed by atoms with Crippen LogP contribution < -0.4 is 9.64 Å². The van der Waals surface area contributed by atoms with Gasteiger partial charge in [-0.25, -0.2) is 9.69 Å². The molecule has 0 saturated carbocycles. The van der Waals surface area contributed by atoms with Gasteiger partial charge in [-0.05, 0) is 41.3 Å². The van der Waals surface area contributed by atoms with Crippen LogP contribution in [0.15, 0.2) is 72.8 Å². The van der Waals surface area contributed by atoms with Crippen molar-refractivity contribution in [3.8, 4) is 16.9 Å². The molecule has 0 fully saturated rings. The van der Waals surface area contributed by atoms with Gasteiger partial charge in [0, 0.05) is 17.0 Å². The fraction of sp³-hybridized carbons (Fsp3) is 0.0385. The van der Waals surface area contributed by atoms with Crippen molar-refractivity contribution in [2.45, 2.75) is 0 Å². The zero-order valence-corrected chi connectivity index (χ0v) is 18.2. The Morgan fingerprint density at radius 1 is 0.943 bits per heavy atom. The number of anilines is 1. The molecular weight excluding hydrogens is 452 g/mol. The number of ether oxygens (including phenoxy) is 1. The van der Waals surface area contributed by atoms with Crippen LogP contribution in [-0.2, 0) is 0 Å². The Balaban J connectivity index is 1.83. The highest BCUT2D eigenvalue weighted by Gasteiger charge is 2.38. The van der Waals surface area contributed by atoms with Crippen LogP contribution in [0.5, 0.6) is 5.75 Å². The van der Waals surface area contributed by atoms with Crippen molar-refractivity contribution in [2.75, 3.05) is 12.0 Å². The molecule has 0 bridgehead atoms. The Bertz CT molecular complexity index is 1590. The summed E-state index contributed by atoms with van der Waals surface area (Å²) in [6, 6.07) is 18.1. The number of carbonyl (C=O) groups is 3. The van der Waals surface area contributed by atoms with Gasteiger partial charge in [0.05, 0.1) is 34.4 Å². The highest BCUT2D eigenvalue weighted by molar-refractivity contribution is 6.37. The molecule has 0 unspecified atom stereocenters. The third-order valence-corrected chi connectivity index (χ3v) is 5.93. The van der Waals surface area contributed by atoms with Crippen LogP contribution in [0.2, 0.25) is 0 Å². The van der Waals surface area contributed by atoms with Gasteiger partial charge < -0.3 is 9.84 Å². The number of carbonyl (C=O) groups excluding carboxylic acids is 2. The van der Waals surface area contributed by atoms with Crippen LogP contribution in [0.25, 0.3) is 21.9 Å². The van der Waals surface area contributed by atoms with Crippen LogP contribution in [0.4, 0.5) is 11.4 Å². The number of carboxylic acids is 1. The number of aromatic carboxylic acids is 1. The first-order valence-electron chi connectivity index (χ1n) is 10.4. The summed E-state index contributed by atoms with van der Waals surface area (Å²) in [4.78, 5) is 51.1. The fourth-order valence-corrected chi connectivity index (χ4v) is 4.44. The van der Waals surface area contributed by atoms with Gasteiger partial charge in [0.25, 0.3) is 17.5 Å². The van der Waals surface area contributed by atoms with Gasteiger partial charge in [-0.3, -0.25) is 19.7 Å². The normalized spacial score (nSPS) is 12.7. The number of benzene rings is 4. The van der Waals surface area contributed by atoms with E-state index in [-0.39, 0.29) is 44.6 Å².